The average Bonchev–Trinajstić information content (AvgIpc) is 3.68. The number of fused-ring (bicyclic) bond motifs is 3. The first-order chi connectivity index (χ1) is 20.7. The number of carbonyl (C=O) groups excluding carboxylic acids is 7. The highest BCUT2D eigenvalue weighted by atomic mass is 19.1. The zero-order valence-electron chi connectivity index (χ0n) is 25.4. The number of phenols is 1. The van der Waals surface area contributed by atoms with Crippen molar-refractivity contribution < 1.29 is 52.9 Å². The van der Waals surface area contributed by atoms with Crippen LogP contribution in [0.1, 0.15) is 56.0 Å². The lowest BCUT2D eigenvalue weighted by atomic mass is 9.52. The number of phenolic OH excluding ortho intramolecular Hbond substituents is 1. The number of nitrogens with one attached hydrogen (secondary N) is 2. The second kappa shape index (κ2) is 10.4. The van der Waals surface area contributed by atoms with Crippen LogP contribution in [0.5, 0.6) is 5.75 Å². The summed E-state index contributed by atoms with van der Waals surface area (Å²) in [6.45, 7) is 4.91. The van der Waals surface area contributed by atoms with Crippen LogP contribution in [-0.4, -0.2) is 93.0 Å². The number of ketones is 4. The number of likely N-dealkylation sites (N-methyl/N-ethyl adjacent to an activating group) is 1. The summed E-state index contributed by atoms with van der Waals surface area (Å²) in [6.07, 6.45) is -0.927. The molecule has 1 aromatic carbocycles. The van der Waals surface area contributed by atoms with Gasteiger partial charge in [0.2, 0.25) is 11.8 Å². The summed E-state index contributed by atoms with van der Waals surface area (Å²) in [5.74, 6) is -14.8. The van der Waals surface area contributed by atoms with Crippen LogP contribution in [0, 0.1) is 29.5 Å². The zero-order chi connectivity index (χ0) is 33.5. The van der Waals surface area contributed by atoms with Crippen LogP contribution in [-0.2, 0) is 35.1 Å². The topological polar surface area (TPSA) is 222 Å². The number of carbonyl (C=O) groups is 7. The van der Waals surface area contributed by atoms with Gasteiger partial charge in [0.1, 0.15) is 22.7 Å². The number of anilines is 1. The van der Waals surface area contributed by atoms with Crippen molar-refractivity contribution in [3.8, 4) is 5.75 Å². The normalized spacial score (nSPS) is 30.2. The summed E-state index contributed by atoms with van der Waals surface area (Å²) >= 11 is 0. The number of halogens is 1. The molecule has 0 saturated heterocycles. The molecule has 4 aliphatic carbocycles. The fraction of sp³-hybridized carbons (Fsp3) is 0.567. The van der Waals surface area contributed by atoms with Gasteiger partial charge in [0.15, 0.2) is 34.7 Å². The van der Waals surface area contributed by atoms with E-state index in [1.54, 1.807) is 20.8 Å². The number of hydrogen-bond acceptors (Lipinski definition) is 11. The molecule has 3 fully saturated rings. The Morgan fingerprint density at radius 1 is 1.11 bits per heavy atom. The van der Waals surface area contributed by atoms with Gasteiger partial charge in [0, 0.05) is 17.5 Å². The van der Waals surface area contributed by atoms with Crippen LogP contribution < -0.4 is 16.4 Å². The maximum absolute atomic E-state index is 15.6. The number of amides is 3. The molecule has 6 N–H and O–H groups in total. The highest BCUT2D eigenvalue weighted by Crippen LogP contribution is 2.52. The first-order valence-corrected chi connectivity index (χ1v) is 14.5. The predicted octanol–water partition coefficient (Wildman–Crippen LogP) is 0.00190. The molecule has 3 amide bonds. The van der Waals surface area contributed by atoms with Crippen molar-refractivity contribution in [2.75, 3.05) is 19.4 Å². The largest absolute Gasteiger partial charge is 0.505 e. The molecule has 0 aliphatic heterocycles. The molecule has 0 heterocycles. The minimum Gasteiger partial charge on any atom is -0.505 e. The Bertz CT molecular complexity index is 1580. The maximum atomic E-state index is 15.6. The molecule has 0 bridgehead atoms. The highest BCUT2D eigenvalue weighted by molar-refractivity contribution is 6.32. The van der Waals surface area contributed by atoms with E-state index in [1.807, 2.05) is 0 Å². The molecule has 3 saturated carbocycles. The van der Waals surface area contributed by atoms with Crippen molar-refractivity contribution in [3.05, 3.63) is 23.0 Å². The fourth-order valence-corrected chi connectivity index (χ4v) is 7.00. The molecule has 6 atom stereocenters. The third-order valence-corrected chi connectivity index (χ3v) is 9.18. The molecule has 45 heavy (non-hydrogen) atoms. The number of rotatable bonds is 5. The number of hydrogen-bond donors (Lipinski definition) is 5. The number of nitrogens with zero attached hydrogens (tertiary/aromatic N) is 1. The van der Waals surface area contributed by atoms with Crippen molar-refractivity contribution in [3.63, 3.8) is 0 Å². The lowest BCUT2D eigenvalue weighted by molar-refractivity contribution is -0.181. The lowest BCUT2D eigenvalue weighted by Crippen LogP contribution is -2.74. The van der Waals surface area contributed by atoms with Crippen LogP contribution in [0.3, 0.4) is 0 Å². The standard InChI is InChI=1S/C30H35FN4O10/c1-28(2,3)45-27(43)34-29(6-7-29)26(42)33-15-10-14(31)12-8-11-9-13-19(35(4)5)22(38)18(25(32)41)24(40)30(13,44)23(39)16(11)21(37)17(12)20(15)36/h10-11,13,16,18-19,36,44H,6-9H2,1-5H3,(H2,32,41)(H,33,42)(H,34,43)/t11-,13-,16?,18?,19-,30-/m0/s1. The predicted molar refractivity (Wildman–Crippen MR) is 151 cm³/mol. The summed E-state index contributed by atoms with van der Waals surface area (Å²) in [7, 11) is 2.91. The van der Waals surface area contributed by atoms with Crippen molar-refractivity contribution in [1.29, 1.82) is 0 Å². The Hall–Kier alpha value is -4.24. The monoisotopic (exact) mass is 630 g/mol. The molecular weight excluding hydrogens is 595 g/mol. The highest BCUT2D eigenvalue weighted by Gasteiger charge is 2.69. The molecular formula is C30H35FN4O10. The molecule has 2 unspecified atom stereocenters. The number of ether oxygens (including phenoxy) is 1. The third-order valence-electron chi connectivity index (χ3n) is 9.18. The van der Waals surface area contributed by atoms with Gasteiger partial charge in [-0.25, -0.2) is 9.18 Å². The molecule has 14 nitrogen and oxygen atoms in total. The first kappa shape index (κ1) is 32.2. The number of alkyl carbamates (subject to hydrolysis) is 1. The van der Waals surface area contributed by atoms with Gasteiger partial charge in [-0.1, -0.05) is 0 Å². The summed E-state index contributed by atoms with van der Waals surface area (Å²) in [5.41, 5.74) is -1.21. The Labute approximate surface area is 256 Å². The molecule has 0 aromatic heterocycles. The van der Waals surface area contributed by atoms with E-state index in [2.05, 4.69) is 10.6 Å². The van der Waals surface area contributed by atoms with E-state index in [0.717, 1.165) is 6.07 Å². The minimum absolute atomic E-state index is 0.222. The number of aliphatic hydroxyl groups is 1. The van der Waals surface area contributed by atoms with Crippen LogP contribution in [0.25, 0.3) is 0 Å². The van der Waals surface area contributed by atoms with Gasteiger partial charge in [0.25, 0.3) is 0 Å². The van der Waals surface area contributed by atoms with Gasteiger partial charge in [-0.05, 0) is 66.5 Å². The minimum atomic E-state index is -2.93. The molecule has 0 radical (unpaired) electrons. The number of nitrogens with two attached hydrogens (primary N) is 1. The molecule has 1 aromatic rings. The van der Waals surface area contributed by atoms with Crippen molar-refractivity contribution in [1.82, 2.24) is 10.2 Å². The average molecular weight is 631 g/mol. The third kappa shape index (κ3) is 4.97. The Kier molecular flexibility index (Phi) is 7.44. The molecule has 0 spiro atoms. The van der Waals surface area contributed by atoms with Crippen LogP contribution >= 0.6 is 0 Å². The summed E-state index contributed by atoms with van der Waals surface area (Å²) in [6, 6.07) is -0.468. The van der Waals surface area contributed by atoms with E-state index in [-0.39, 0.29) is 31.2 Å². The summed E-state index contributed by atoms with van der Waals surface area (Å²) in [4.78, 5) is 93.2. The van der Waals surface area contributed by atoms with E-state index < -0.39 is 110 Å². The molecule has 15 heteroatoms. The number of primary amides is 1. The lowest BCUT2D eigenvalue weighted by Gasteiger charge is -2.52. The van der Waals surface area contributed by atoms with Gasteiger partial charge in [-0.15, -0.1) is 0 Å². The fourth-order valence-electron chi connectivity index (χ4n) is 7.00. The van der Waals surface area contributed by atoms with Gasteiger partial charge in [0.05, 0.1) is 23.2 Å². The maximum Gasteiger partial charge on any atom is 0.408 e. The number of Topliss-reactive ketones (excluding diaryl/α,β-unsaturated/α-hetero) is 4. The van der Waals surface area contributed by atoms with Crippen molar-refractivity contribution >= 4 is 46.7 Å². The first-order valence-electron chi connectivity index (χ1n) is 14.5. The number of benzene rings is 1. The second-order valence-electron chi connectivity index (χ2n) is 13.6. The van der Waals surface area contributed by atoms with Crippen molar-refractivity contribution in [2.45, 2.75) is 69.2 Å². The van der Waals surface area contributed by atoms with E-state index in [9.17, 15) is 43.8 Å². The van der Waals surface area contributed by atoms with E-state index in [1.165, 1.54) is 19.0 Å². The Balaban J connectivity index is 1.48. The number of aromatic hydroxyl groups is 1. The van der Waals surface area contributed by atoms with Crippen LogP contribution in [0.4, 0.5) is 14.9 Å². The molecule has 4 aliphatic rings. The second-order valence-corrected chi connectivity index (χ2v) is 13.6. The Morgan fingerprint density at radius 2 is 1.73 bits per heavy atom. The smallest absolute Gasteiger partial charge is 0.408 e. The quantitative estimate of drug-likeness (QED) is 0.215. The van der Waals surface area contributed by atoms with Crippen LogP contribution in [0.2, 0.25) is 0 Å². The summed E-state index contributed by atoms with van der Waals surface area (Å²) < 4.78 is 20.8. The van der Waals surface area contributed by atoms with Gasteiger partial charge < -0.3 is 31.3 Å². The van der Waals surface area contributed by atoms with Gasteiger partial charge in [-0.3, -0.25) is 33.7 Å². The molecule has 5 rings (SSSR count). The van der Waals surface area contributed by atoms with Gasteiger partial charge in [-0.2, -0.15) is 0 Å². The van der Waals surface area contributed by atoms with E-state index in [4.69, 9.17) is 10.5 Å². The molecule has 242 valence electrons. The SMILES string of the molecule is CN(C)[C@@H]1C(=O)C(C(N)=O)C(=O)[C@@]2(O)C(=O)C3C(=O)c4c(O)c(NC(=O)C5(NC(=O)OC(C)(C)C)CC5)cc(F)c4C[C@H]3C[C@@H]12. The Morgan fingerprint density at radius 3 is 2.27 bits per heavy atom. The van der Waals surface area contributed by atoms with Gasteiger partial charge >= 0.3 is 6.09 Å². The zero-order valence-corrected chi connectivity index (χ0v) is 25.4. The van der Waals surface area contributed by atoms with E-state index >= 15 is 4.39 Å². The van der Waals surface area contributed by atoms with Crippen molar-refractivity contribution in [2.24, 2.45) is 29.4 Å². The van der Waals surface area contributed by atoms with Crippen LogP contribution in [0.15, 0.2) is 6.07 Å². The van der Waals surface area contributed by atoms with E-state index in [0.29, 0.717) is 0 Å². The summed E-state index contributed by atoms with van der Waals surface area (Å²) in [5, 5.41) is 27.6.